The second kappa shape index (κ2) is 29.1. The van der Waals surface area contributed by atoms with Gasteiger partial charge in [0, 0.05) is 25.4 Å². The molecule has 7 nitrogen and oxygen atoms in total. The van der Waals surface area contributed by atoms with E-state index in [4.69, 9.17) is 9.47 Å². The highest BCUT2D eigenvalue weighted by molar-refractivity contribution is 8.17. The number of hydrogen-bond acceptors (Lipinski definition) is 8. The molecule has 0 aromatic carbocycles. The number of esters is 2. The van der Waals surface area contributed by atoms with Crippen LogP contribution in [0, 0.1) is 16.7 Å². The number of imidazole rings is 1. The van der Waals surface area contributed by atoms with Crippen LogP contribution in [0.15, 0.2) is 18.7 Å². The number of unbranched alkanes of at least 4 members (excludes halogenated alkanes) is 13. The monoisotopic (exact) mass is 832 g/mol. The molecule has 2 bridgehead atoms. The summed E-state index contributed by atoms with van der Waals surface area (Å²) in [4.78, 5) is 33.1. The maximum Gasteiger partial charge on any atom is 0.306 e. The first-order valence-corrected chi connectivity index (χ1v) is 26.3. The quantitative estimate of drug-likeness (QED) is 0.0386. The molecule has 328 valence electrons. The van der Waals surface area contributed by atoms with Gasteiger partial charge in [-0.2, -0.15) is 0 Å². The first kappa shape index (κ1) is 48.5. The van der Waals surface area contributed by atoms with Gasteiger partial charge in [0.05, 0.1) is 30.5 Å². The number of carbonyl (C=O) groups is 2. The van der Waals surface area contributed by atoms with Crippen molar-refractivity contribution in [2.45, 2.75) is 211 Å². The molecule has 5 rings (SSSR count). The van der Waals surface area contributed by atoms with Gasteiger partial charge in [-0.15, -0.1) is 23.5 Å². The molecule has 4 aliphatic rings. The Morgan fingerprint density at radius 1 is 0.702 bits per heavy atom. The highest BCUT2D eigenvalue weighted by Gasteiger charge is 2.42. The molecule has 57 heavy (non-hydrogen) atoms. The van der Waals surface area contributed by atoms with Crippen LogP contribution in [0.25, 0.3) is 0 Å². The fourth-order valence-corrected chi connectivity index (χ4v) is 12.5. The van der Waals surface area contributed by atoms with Crippen molar-refractivity contribution in [3.63, 3.8) is 0 Å². The fraction of sp³-hybridized carbons (Fsp3) is 0.896. The third kappa shape index (κ3) is 20.3. The minimum absolute atomic E-state index is 0.0106. The van der Waals surface area contributed by atoms with E-state index < -0.39 is 0 Å². The van der Waals surface area contributed by atoms with Crippen LogP contribution in [0.3, 0.4) is 0 Å². The van der Waals surface area contributed by atoms with Gasteiger partial charge in [-0.25, -0.2) is 4.98 Å². The van der Waals surface area contributed by atoms with E-state index in [-0.39, 0.29) is 22.8 Å². The van der Waals surface area contributed by atoms with E-state index in [1.54, 1.807) is 0 Å². The molecular weight excluding hydrogens is 747 g/mol. The molecule has 1 aliphatic heterocycles. The molecule has 9 heteroatoms. The molecular formula is C48H85N3O4S2. The van der Waals surface area contributed by atoms with Crippen molar-refractivity contribution in [3.05, 3.63) is 18.7 Å². The van der Waals surface area contributed by atoms with Gasteiger partial charge < -0.3 is 18.9 Å². The van der Waals surface area contributed by atoms with Crippen molar-refractivity contribution in [1.29, 1.82) is 0 Å². The molecule has 0 atom stereocenters. The van der Waals surface area contributed by atoms with E-state index >= 15 is 0 Å². The Hall–Kier alpha value is -1.19. The maximum absolute atomic E-state index is 13.2. The molecule has 3 saturated carbocycles. The lowest BCUT2D eigenvalue weighted by Crippen LogP contribution is -2.42. The van der Waals surface area contributed by atoms with Crippen LogP contribution in [-0.4, -0.2) is 75.3 Å². The first-order valence-electron chi connectivity index (χ1n) is 24.2. The van der Waals surface area contributed by atoms with Crippen LogP contribution in [0.2, 0.25) is 0 Å². The number of carbonyl (C=O) groups excluding carboxylic acids is 2. The van der Waals surface area contributed by atoms with Crippen LogP contribution in [-0.2, 0) is 25.6 Å². The Labute approximate surface area is 358 Å². The molecule has 2 heterocycles. The van der Waals surface area contributed by atoms with E-state index in [2.05, 4.69) is 51.8 Å². The number of likely N-dealkylation sites (tertiary alicyclic amines) is 1. The van der Waals surface area contributed by atoms with Crippen molar-refractivity contribution in [1.82, 2.24) is 14.5 Å². The summed E-state index contributed by atoms with van der Waals surface area (Å²) in [6.45, 7) is 9.79. The average Bonchev–Trinajstić information content (AvgIpc) is 3.75. The van der Waals surface area contributed by atoms with E-state index in [9.17, 15) is 9.59 Å². The smallest absolute Gasteiger partial charge is 0.306 e. The van der Waals surface area contributed by atoms with Crippen LogP contribution in [0.5, 0.6) is 0 Å². The molecule has 3 aliphatic carbocycles. The molecule has 0 spiro atoms. The highest BCUT2D eigenvalue weighted by Crippen LogP contribution is 2.52. The van der Waals surface area contributed by atoms with Crippen LogP contribution < -0.4 is 0 Å². The van der Waals surface area contributed by atoms with Crippen molar-refractivity contribution >= 4 is 35.5 Å². The van der Waals surface area contributed by atoms with Crippen LogP contribution in [0.1, 0.15) is 200 Å². The molecule has 0 amide bonds. The van der Waals surface area contributed by atoms with E-state index in [0.717, 1.165) is 70.6 Å². The summed E-state index contributed by atoms with van der Waals surface area (Å²) >= 11 is 4.18. The number of nitrogens with zero attached hydrogens (tertiary/aromatic N) is 3. The number of piperidine rings is 1. The second-order valence-corrected chi connectivity index (χ2v) is 21.3. The van der Waals surface area contributed by atoms with Gasteiger partial charge in [0.25, 0.3) is 0 Å². The Balaban J connectivity index is 1.19. The zero-order valence-corrected chi connectivity index (χ0v) is 38.5. The number of aromatic nitrogens is 2. The van der Waals surface area contributed by atoms with E-state index in [1.807, 2.05) is 18.7 Å². The SMILES string of the molecule is CCCCCCCCCSC(CCC(=O)OCCC1(CCOC(=O)CC23CCC(CC2)CC3)CCN(CCCCn2ccnc2)CC1)SCCCCCCCCC. The van der Waals surface area contributed by atoms with Gasteiger partial charge in [-0.3, -0.25) is 9.59 Å². The fourth-order valence-electron chi connectivity index (χ4n) is 9.72. The summed E-state index contributed by atoms with van der Waals surface area (Å²) in [6.07, 6.45) is 40.4. The maximum atomic E-state index is 13.2. The number of hydrogen-bond donors (Lipinski definition) is 0. The number of aryl methyl sites for hydroxylation is 1. The van der Waals surface area contributed by atoms with Crippen molar-refractivity contribution in [2.24, 2.45) is 16.7 Å². The van der Waals surface area contributed by atoms with E-state index in [0.29, 0.717) is 30.6 Å². The van der Waals surface area contributed by atoms with Gasteiger partial charge >= 0.3 is 11.9 Å². The average molecular weight is 832 g/mol. The molecule has 0 unspecified atom stereocenters. The molecule has 1 saturated heterocycles. The second-order valence-electron chi connectivity index (χ2n) is 18.4. The van der Waals surface area contributed by atoms with Gasteiger partial charge in [0.1, 0.15) is 0 Å². The minimum atomic E-state index is -0.0357. The zero-order chi connectivity index (χ0) is 40.3. The number of rotatable bonds is 34. The third-order valence-corrected chi connectivity index (χ3v) is 16.9. The van der Waals surface area contributed by atoms with Gasteiger partial charge in [0.2, 0.25) is 0 Å². The van der Waals surface area contributed by atoms with Crippen molar-refractivity contribution in [3.8, 4) is 0 Å². The van der Waals surface area contributed by atoms with Gasteiger partial charge in [-0.05, 0) is 144 Å². The number of fused-ring (bicyclic) bond motifs is 3. The number of ether oxygens (including phenoxy) is 2. The lowest BCUT2D eigenvalue weighted by atomic mass is 9.59. The molecule has 4 fully saturated rings. The molecule has 1 aromatic rings. The molecule has 0 N–H and O–H groups in total. The molecule has 0 radical (unpaired) electrons. The Morgan fingerprint density at radius 2 is 1.25 bits per heavy atom. The molecule has 1 aromatic heterocycles. The largest absolute Gasteiger partial charge is 0.466 e. The van der Waals surface area contributed by atoms with Crippen molar-refractivity contribution in [2.75, 3.05) is 44.4 Å². The summed E-state index contributed by atoms with van der Waals surface area (Å²) in [5.74, 6) is 3.28. The highest BCUT2D eigenvalue weighted by atomic mass is 32.2. The van der Waals surface area contributed by atoms with Gasteiger partial charge in [0.15, 0.2) is 0 Å². The number of thioether (sulfide) groups is 2. The van der Waals surface area contributed by atoms with Crippen LogP contribution in [0.4, 0.5) is 0 Å². The topological polar surface area (TPSA) is 73.7 Å². The Bertz CT molecular complexity index is 1130. The minimum Gasteiger partial charge on any atom is -0.466 e. The first-order chi connectivity index (χ1) is 27.9. The lowest BCUT2D eigenvalue weighted by molar-refractivity contribution is -0.149. The summed E-state index contributed by atoms with van der Waals surface area (Å²) in [5, 5.41) is 0. The van der Waals surface area contributed by atoms with Crippen LogP contribution >= 0.6 is 23.5 Å². The Morgan fingerprint density at radius 3 is 1.81 bits per heavy atom. The predicted octanol–water partition coefficient (Wildman–Crippen LogP) is 13.0. The van der Waals surface area contributed by atoms with Gasteiger partial charge in [-0.1, -0.05) is 90.9 Å². The summed E-state index contributed by atoms with van der Waals surface area (Å²) in [6, 6.07) is 0. The summed E-state index contributed by atoms with van der Waals surface area (Å²) in [5.41, 5.74) is 0.259. The summed E-state index contributed by atoms with van der Waals surface area (Å²) in [7, 11) is 0. The Kier molecular flexibility index (Phi) is 24.8. The third-order valence-electron chi connectivity index (χ3n) is 13.9. The lowest BCUT2D eigenvalue weighted by Gasteiger charge is -2.46. The predicted molar refractivity (Wildman–Crippen MR) is 243 cm³/mol. The standard InChI is InChI=1S/C48H85N3O4S2/c1-3-5-7-9-11-13-17-39-56-46(57-40-18-14-12-10-8-6-4-2)20-19-44(52)54-37-29-47(27-34-50(35-28-47)32-15-16-33-51-36-31-49-42-51)30-38-55-45(53)41-48-24-21-43(22-25-48)23-26-48/h31,36,42-43,46H,3-30,32-35,37-41H2,1-2H3. The summed E-state index contributed by atoms with van der Waals surface area (Å²) < 4.78 is 14.7. The van der Waals surface area contributed by atoms with E-state index in [1.165, 1.54) is 146 Å². The van der Waals surface area contributed by atoms with Crippen molar-refractivity contribution < 1.29 is 19.1 Å². The normalized spacial score (nSPS) is 20.6. The zero-order valence-electron chi connectivity index (χ0n) is 36.8.